The molecule has 10 N–H and O–H groups in total. The standard InChI is InChI=1S/C75H150N10O10/c1-6-11-16-21-26-31-36-41-46-76-71(91)66(86)61-83(58-60-85(64-69(89)74(94)79-49-44-39-34-29-24-19-14-9-4)65-70(90)75(95)80-50-45-40-35-30-25-20-15-10-5)57-55-81-51-53-82(54-52-81)56-59-84(62-67(87)72(92)77-47-42-37-32-27-22-17-12-7-2)63-68(88)73(93)78-48-43-38-33-28-23-18-13-8-3/h66-70,86-90H,6-65H2,1-5H3,(H,76,91)(H,77,92)(H,78,93)(H,79,94)(H,80,95). The lowest BCUT2D eigenvalue weighted by atomic mass is 10.1. The minimum atomic E-state index is -1.42. The molecule has 5 amide bonds. The smallest absolute Gasteiger partial charge is 0.250 e. The van der Waals surface area contributed by atoms with Gasteiger partial charge in [-0.2, -0.15) is 0 Å². The van der Waals surface area contributed by atoms with Crippen LogP contribution in [-0.4, -0.2) is 241 Å². The number of aliphatic hydroxyl groups is 5. The summed E-state index contributed by atoms with van der Waals surface area (Å²) in [4.78, 5) is 76.8. The summed E-state index contributed by atoms with van der Waals surface area (Å²) in [6.45, 7) is 18.6. The molecule has 1 aliphatic rings. The minimum absolute atomic E-state index is 0.0288. The quantitative estimate of drug-likeness (QED) is 0.0254. The second-order valence-corrected chi connectivity index (χ2v) is 27.9. The van der Waals surface area contributed by atoms with E-state index < -0.39 is 60.1 Å². The minimum Gasteiger partial charge on any atom is -0.382 e. The monoisotopic (exact) mass is 1350 g/mol. The summed E-state index contributed by atoms with van der Waals surface area (Å²) in [6.07, 6.45) is 38.4. The maximum absolute atomic E-state index is 13.5. The van der Waals surface area contributed by atoms with Crippen LogP contribution in [0.15, 0.2) is 0 Å². The number of amides is 5. The van der Waals surface area contributed by atoms with Crippen LogP contribution in [0.5, 0.6) is 0 Å². The Balaban J connectivity index is 3.18. The molecule has 20 nitrogen and oxygen atoms in total. The van der Waals surface area contributed by atoms with E-state index >= 15 is 0 Å². The molecule has 560 valence electrons. The Morgan fingerprint density at radius 1 is 0.263 bits per heavy atom. The van der Waals surface area contributed by atoms with E-state index in [-0.39, 0.29) is 39.3 Å². The van der Waals surface area contributed by atoms with Gasteiger partial charge >= 0.3 is 0 Å². The van der Waals surface area contributed by atoms with Crippen molar-refractivity contribution in [3.63, 3.8) is 0 Å². The van der Waals surface area contributed by atoms with Crippen LogP contribution in [0.2, 0.25) is 0 Å². The number of piperazine rings is 1. The summed E-state index contributed by atoms with van der Waals surface area (Å²) in [5.74, 6) is -2.37. The molecule has 1 saturated heterocycles. The molecule has 5 atom stereocenters. The number of rotatable bonds is 69. The van der Waals surface area contributed by atoms with Gasteiger partial charge in [-0.25, -0.2) is 0 Å². The summed E-state index contributed by atoms with van der Waals surface area (Å²) in [6, 6.07) is 0. The van der Waals surface area contributed by atoms with Gasteiger partial charge in [0.2, 0.25) is 29.5 Å². The third-order valence-electron chi connectivity index (χ3n) is 19.0. The van der Waals surface area contributed by atoms with Crippen molar-refractivity contribution in [1.82, 2.24) is 51.1 Å². The Bertz CT molecular complexity index is 1720. The Kier molecular flexibility index (Phi) is 60.9. The third-order valence-corrected chi connectivity index (χ3v) is 19.0. The fraction of sp³-hybridized carbons (Fsp3) is 0.933. The van der Waals surface area contributed by atoms with Gasteiger partial charge < -0.3 is 52.1 Å². The van der Waals surface area contributed by atoms with E-state index in [0.717, 1.165) is 109 Å². The van der Waals surface area contributed by atoms with Crippen molar-refractivity contribution in [2.45, 2.75) is 322 Å². The van der Waals surface area contributed by atoms with Gasteiger partial charge in [-0.3, -0.25) is 48.5 Å². The van der Waals surface area contributed by atoms with Crippen LogP contribution in [-0.2, 0) is 24.0 Å². The van der Waals surface area contributed by atoms with Crippen LogP contribution < -0.4 is 26.6 Å². The van der Waals surface area contributed by atoms with E-state index in [4.69, 9.17) is 0 Å². The average Bonchev–Trinajstić information content (AvgIpc) is 1.25. The van der Waals surface area contributed by atoms with E-state index in [9.17, 15) is 49.5 Å². The first-order chi connectivity index (χ1) is 46.2. The normalized spacial score (nSPS) is 14.7. The molecular weight excluding hydrogens is 1200 g/mol. The van der Waals surface area contributed by atoms with Gasteiger partial charge in [0.15, 0.2) is 0 Å². The van der Waals surface area contributed by atoms with Crippen molar-refractivity contribution in [2.24, 2.45) is 0 Å². The molecule has 1 fully saturated rings. The van der Waals surface area contributed by atoms with E-state index in [2.05, 4.69) is 71.0 Å². The lowest BCUT2D eigenvalue weighted by Gasteiger charge is -2.37. The molecule has 1 aliphatic heterocycles. The van der Waals surface area contributed by atoms with Gasteiger partial charge in [-0.1, -0.05) is 259 Å². The predicted molar refractivity (Wildman–Crippen MR) is 390 cm³/mol. The number of nitrogens with one attached hydrogen (secondary N) is 5. The number of carbonyl (C=O) groups is 5. The molecule has 0 bridgehead atoms. The molecule has 20 heteroatoms. The zero-order valence-electron chi connectivity index (χ0n) is 61.8. The summed E-state index contributed by atoms with van der Waals surface area (Å²) < 4.78 is 0. The highest BCUT2D eigenvalue weighted by Crippen LogP contribution is 2.14. The van der Waals surface area contributed by atoms with Crippen molar-refractivity contribution in [3.8, 4) is 0 Å². The van der Waals surface area contributed by atoms with Crippen molar-refractivity contribution in [3.05, 3.63) is 0 Å². The van der Waals surface area contributed by atoms with Crippen LogP contribution in [0.4, 0.5) is 0 Å². The van der Waals surface area contributed by atoms with Crippen LogP contribution >= 0.6 is 0 Å². The second kappa shape index (κ2) is 64.3. The molecule has 1 heterocycles. The number of carbonyl (C=O) groups excluding carboxylic acids is 5. The van der Waals surface area contributed by atoms with Crippen LogP contribution in [0.3, 0.4) is 0 Å². The average molecular weight is 1350 g/mol. The summed E-state index contributed by atoms with van der Waals surface area (Å²) in [5.41, 5.74) is 0. The van der Waals surface area contributed by atoms with E-state index in [1.807, 2.05) is 9.80 Å². The summed E-state index contributed by atoms with van der Waals surface area (Å²) in [7, 11) is 0. The Morgan fingerprint density at radius 3 is 0.653 bits per heavy atom. The van der Waals surface area contributed by atoms with E-state index in [1.54, 1.807) is 4.90 Å². The number of hydrogen-bond acceptors (Lipinski definition) is 15. The van der Waals surface area contributed by atoms with E-state index in [0.29, 0.717) is 78.5 Å². The highest BCUT2D eigenvalue weighted by atomic mass is 16.3. The SMILES string of the molecule is CCCCCCCCCCNC(=O)C(O)CN(CCN1CCN(CCN(CC(O)C(=O)NCCCCCCCCCC)CC(O)C(=O)NCCCCCCCCCC)CC1)CCN(CC(O)C(=O)NCCCCCCCCCC)CC(O)C(=O)NCCCCCCCCCC. The maximum atomic E-state index is 13.5. The Hall–Kier alpha value is -3.05. The van der Waals surface area contributed by atoms with Gasteiger partial charge in [-0.15, -0.1) is 0 Å². The molecule has 5 unspecified atom stereocenters. The van der Waals surface area contributed by atoms with Gasteiger partial charge in [0.25, 0.3) is 0 Å². The molecular formula is C75H150N10O10. The number of aliphatic hydroxyl groups excluding tert-OH is 5. The molecule has 0 aromatic heterocycles. The lowest BCUT2D eigenvalue weighted by Crippen LogP contribution is -2.53. The van der Waals surface area contributed by atoms with Gasteiger partial charge in [-0.05, 0) is 32.1 Å². The number of hydrogen-bond donors (Lipinski definition) is 10. The summed E-state index contributed by atoms with van der Waals surface area (Å²) >= 11 is 0. The van der Waals surface area contributed by atoms with Crippen molar-refractivity contribution in [1.29, 1.82) is 0 Å². The van der Waals surface area contributed by atoms with Crippen molar-refractivity contribution >= 4 is 29.5 Å². The first-order valence-electron chi connectivity index (χ1n) is 39.6. The highest BCUT2D eigenvalue weighted by Gasteiger charge is 2.28. The topological polar surface area (TPSA) is 263 Å². The molecule has 95 heavy (non-hydrogen) atoms. The first kappa shape index (κ1) is 90.0. The van der Waals surface area contributed by atoms with Crippen molar-refractivity contribution in [2.75, 3.05) is 131 Å². The zero-order valence-corrected chi connectivity index (χ0v) is 61.8. The van der Waals surface area contributed by atoms with Crippen LogP contribution in [0.1, 0.15) is 291 Å². The van der Waals surface area contributed by atoms with Gasteiger partial charge in [0.1, 0.15) is 30.5 Å². The van der Waals surface area contributed by atoms with Crippen LogP contribution in [0, 0.1) is 0 Å². The number of unbranched alkanes of at least 4 members (excludes halogenated alkanes) is 35. The number of nitrogens with zero attached hydrogens (tertiary/aromatic N) is 5. The maximum Gasteiger partial charge on any atom is 0.250 e. The zero-order chi connectivity index (χ0) is 69.6. The molecule has 0 aromatic carbocycles. The highest BCUT2D eigenvalue weighted by molar-refractivity contribution is 5.82. The van der Waals surface area contributed by atoms with Gasteiger partial charge in [0.05, 0.1) is 0 Å². The second-order valence-electron chi connectivity index (χ2n) is 27.9. The molecule has 0 saturated carbocycles. The van der Waals surface area contributed by atoms with Crippen molar-refractivity contribution < 1.29 is 49.5 Å². The van der Waals surface area contributed by atoms with E-state index in [1.165, 1.54) is 161 Å². The Labute approximate surface area is 580 Å². The fourth-order valence-corrected chi connectivity index (χ4v) is 12.5. The molecule has 0 radical (unpaired) electrons. The molecule has 1 rings (SSSR count). The largest absolute Gasteiger partial charge is 0.382 e. The Morgan fingerprint density at radius 2 is 0.432 bits per heavy atom. The lowest BCUT2D eigenvalue weighted by molar-refractivity contribution is -0.133. The first-order valence-corrected chi connectivity index (χ1v) is 39.6. The fourth-order valence-electron chi connectivity index (χ4n) is 12.5. The third kappa shape index (κ3) is 52.6. The molecule has 0 spiro atoms. The van der Waals surface area contributed by atoms with Gasteiger partial charge in [0, 0.05) is 131 Å². The molecule has 0 aromatic rings. The summed E-state index contributed by atoms with van der Waals surface area (Å²) in [5, 5.41) is 71.1. The predicted octanol–water partition coefficient (Wildman–Crippen LogP) is 9.60. The molecule has 0 aliphatic carbocycles. The van der Waals surface area contributed by atoms with Crippen LogP contribution in [0.25, 0.3) is 0 Å².